The van der Waals surface area contributed by atoms with Crippen LogP contribution in [0.15, 0.2) is 18.2 Å². The fourth-order valence-electron chi connectivity index (χ4n) is 1.51. The molecule has 1 rings (SSSR count). The number of nitrogens with one attached hydrogen (secondary N) is 1. The molecule has 1 atom stereocenters. The molecule has 0 heterocycles. The van der Waals surface area contributed by atoms with Crippen LogP contribution in [0, 0.1) is 11.7 Å². The SMILES string of the molecule is COc1ccc(CNC(CBr)C(C)C)c(F)c1. The van der Waals surface area contributed by atoms with Crippen LogP contribution in [0.3, 0.4) is 0 Å². The first kappa shape index (κ1) is 14.5. The highest BCUT2D eigenvalue weighted by Crippen LogP contribution is 2.16. The monoisotopic (exact) mass is 303 g/mol. The first-order valence-electron chi connectivity index (χ1n) is 5.70. The third-order valence-corrected chi connectivity index (χ3v) is 3.48. The lowest BCUT2D eigenvalue weighted by Gasteiger charge is -2.20. The summed E-state index contributed by atoms with van der Waals surface area (Å²) in [6.45, 7) is 4.82. The quantitative estimate of drug-likeness (QED) is 0.814. The molecule has 0 aliphatic heterocycles. The maximum atomic E-state index is 13.7. The second kappa shape index (κ2) is 6.97. The summed E-state index contributed by atoms with van der Waals surface area (Å²) < 4.78 is 18.6. The molecule has 0 saturated carbocycles. The van der Waals surface area contributed by atoms with E-state index in [4.69, 9.17) is 4.74 Å². The minimum atomic E-state index is -0.228. The molecule has 1 aromatic rings. The average Bonchev–Trinajstić information content (AvgIpc) is 2.31. The molecule has 1 unspecified atom stereocenters. The predicted molar refractivity (Wildman–Crippen MR) is 72.2 cm³/mol. The van der Waals surface area contributed by atoms with E-state index in [1.807, 2.05) is 0 Å². The summed E-state index contributed by atoms with van der Waals surface area (Å²) in [4.78, 5) is 0. The van der Waals surface area contributed by atoms with E-state index in [1.165, 1.54) is 13.2 Å². The Morgan fingerprint density at radius 3 is 2.59 bits per heavy atom. The molecule has 1 aromatic carbocycles. The number of hydrogen-bond acceptors (Lipinski definition) is 2. The minimum Gasteiger partial charge on any atom is -0.497 e. The topological polar surface area (TPSA) is 21.3 Å². The average molecular weight is 304 g/mol. The first-order chi connectivity index (χ1) is 8.08. The van der Waals surface area contributed by atoms with E-state index in [1.54, 1.807) is 12.1 Å². The van der Waals surface area contributed by atoms with Crippen LogP contribution in [0.25, 0.3) is 0 Å². The van der Waals surface area contributed by atoms with Gasteiger partial charge in [-0.3, -0.25) is 0 Å². The van der Waals surface area contributed by atoms with Crippen molar-refractivity contribution in [3.8, 4) is 5.75 Å². The zero-order valence-electron chi connectivity index (χ0n) is 10.5. The number of methoxy groups -OCH3 is 1. The maximum absolute atomic E-state index is 13.7. The third-order valence-electron chi connectivity index (χ3n) is 2.79. The van der Waals surface area contributed by atoms with Gasteiger partial charge in [-0.15, -0.1) is 0 Å². The van der Waals surface area contributed by atoms with Crippen LogP contribution < -0.4 is 10.1 Å². The molecule has 0 aromatic heterocycles. The highest BCUT2D eigenvalue weighted by atomic mass is 79.9. The molecule has 0 fully saturated rings. The predicted octanol–water partition coefficient (Wildman–Crippen LogP) is 3.34. The van der Waals surface area contributed by atoms with E-state index in [0.717, 1.165) is 5.33 Å². The van der Waals surface area contributed by atoms with Gasteiger partial charge in [0.25, 0.3) is 0 Å². The van der Waals surface area contributed by atoms with Crippen LogP contribution in [0.4, 0.5) is 4.39 Å². The van der Waals surface area contributed by atoms with Gasteiger partial charge in [-0.1, -0.05) is 35.8 Å². The largest absolute Gasteiger partial charge is 0.497 e. The van der Waals surface area contributed by atoms with Crippen LogP contribution in [0.1, 0.15) is 19.4 Å². The molecule has 0 aliphatic carbocycles. The number of rotatable bonds is 6. The summed E-state index contributed by atoms with van der Waals surface area (Å²) in [7, 11) is 1.53. The fourth-order valence-corrected chi connectivity index (χ4v) is 2.48. The Morgan fingerprint density at radius 1 is 1.41 bits per heavy atom. The summed E-state index contributed by atoms with van der Waals surface area (Å²) >= 11 is 3.46. The van der Waals surface area contributed by atoms with Crippen molar-refractivity contribution in [2.45, 2.75) is 26.4 Å². The first-order valence-corrected chi connectivity index (χ1v) is 6.82. The lowest BCUT2D eigenvalue weighted by atomic mass is 10.1. The molecule has 96 valence electrons. The summed E-state index contributed by atoms with van der Waals surface area (Å²) in [5.74, 6) is 0.830. The molecule has 1 N–H and O–H groups in total. The van der Waals surface area contributed by atoms with Gasteiger partial charge in [-0.2, -0.15) is 0 Å². The summed E-state index contributed by atoms with van der Waals surface area (Å²) in [6.07, 6.45) is 0. The standard InChI is InChI=1S/C13H19BrFNO/c1-9(2)13(7-14)16-8-10-4-5-11(17-3)6-12(10)15/h4-6,9,13,16H,7-8H2,1-3H3. The number of hydrogen-bond donors (Lipinski definition) is 1. The van der Waals surface area contributed by atoms with E-state index >= 15 is 0 Å². The molecule has 0 saturated heterocycles. The van der Waals surface area contributed by atoms with Crippen molar-refractivity contribution >= 4 is 15.9 Å². The van der Waals surface area contributed by atoms with Gasteiger partial charge in [0.2, 0.25) is 0 Å². The van der Waals surface area contributed by atoms with Crippen LogP contribution in [-0.4, -0.2) is 18.5 Å². The second-order valence-electron chi connectivity index (χ2n) is 4.34. The van der Waals surface area contributed by atoms with E-state index in [-0.39, 0.29) is 5.82 Å². The van der Waals surface area contributed by atoms with E-state index < -0.39 is 0 Å². The van der Waals surface area contributed by atoms with E-state index in [9.17, 15) is 4.39 Å². The number of alkyl halides is 1. The lowest BCUT2D eigenvalue weighted by Crippen LogP contribution is -2.34. The van der Waals surface area contributed by atoms with Crippen molar-refractivity contribution in [1.29, 1.82) is 0 Å². The summed E-state index contributed by atoms with van der Waals surface area (Å²) in [5.41, 5.74) is 0.664. The van der Waals surface area contributed by atoms with Gasteiger partial charge in [0, 0.05) is 29.5 Å². The highest BCUT2D eigenvalue weighted by Gasteiger charge is 2.12. The number of halogens is 2. The Hall–Kier alpha value is -0.610. The van der Waals surface area contributed by atoms with Crippen molar-refractivity contribution < 1.29 is 9.13 Å². The maximum Gasteiger partial charge on any atom is 0.131 e. The molecule has 0 radical (unpaired) electrons. The Balaban J connectivity index is 2.63. The Labute approximate surface area is 111 Å². The third kappa shape index (κ3) is 4.28. The highest BCUT2D eigenvalue weighted by molar-refractivity contribution is 9.09. The van der Waals surface area contributed by atoms with Gasteiger partial charge in [-0.25, -0.2) is 4.39 Å². The van der Waals surface area contributed by atoms with Crippen LogP contribution in [-0.2, 0) is 6.54 Å². The van der Waals surface area contributed by atoms with E-state index in [0.29, 0.717) is 29.8 Å². The van der Waals surface area contributed by atoms with Crippen LogP contribution in [0.5, 0.6) is 5.75 Å². The summed E-state index contributed by atoms with van der Waals surface area (Å²) in [5, 5.41) is 4.20. The zero-order chi connectivity index (χ0) is 12.8. The normalized spacial score (nSPS) is 12.8. The van der Waals surface area contributed by atoms with Crippen molar-refractivity contribution in [2.75, 3.05) is 12.4 Å². The van der Waals surface area contributed by atoms with E-state index in [2.05, 4.69) is 35.1 Å². The van der Waals surface area contributed by atoms with Gasteiger partial charge in [-0.05, 0) is 12.0 Å². The van der Waals surface area contributed by atoms with Gasteiger partial charge in [0.15, 0.2) is 0 Å². The molecule has 0 bridgehead atoms. The zero-order valence-corrected chi connectivity index (χ0v) is 12.1. The summed E-state index contributed by atoms with van der Waals surface area (Å²) in [6, 6.07) is 5.29. The molecular weight excluding hydrogens is 285 g/mol. The lowest BCUT2D eigenvalue weighted by molar-refractivity contribution is 0.408. The Kier molecular flexibility index (Phi) is 5.92. The van der Waals surface area contributed by atoms with Gasteiger partial charge >= 0.3 is 0 Å². The van der Waals surface area contributed by atoms with Gasteiger partial charge in [0.05, 0.1) is 7.11 Å². The fraction of sp³-hybridized carbons (Fsp3) is 0.538. The number of benzene rings is 1. The molecule has 0 amide bonds. The second-order valence-corrected chi connectivity index (χ2v) is 4.99. The number of ether oxygens (including phenoxy) is 1. The molecule has 4 heteroatoms. The van der Waals surface area contributed by atoms with Gasteiger partial charge < -0.3 is 10.1 Å². The Bertz CT molecular complexity index is 357. The van der Waals surface area contributed by atoms with Crippen molar-refractivity contribution in [3.63, 3.8) is 0 Å². The molecule has 0 spiro atoms. The van der Waals surface area contributed by atoms with Crippen molar-refractivity contribution in [3.05, 3.63) is 29.6 Å². The minimum absolute atomic E-state index is 0.228. The molecular formula is C13H19BrFNO. The van der Waals surface area contributed by atoms with Gasteiger partial charge in [0.1, 0.15) is 11.6 Å². The molecule has 17 heavy (non-hydrogen) atoms. The smallest absolute Gasteiger partial charge is 0.131 e. The molecule has 2 nitrogen and oxygen atoms in total. The Morgan fingerprint density at radius 2 is 2.12 bits per heavy atom. The van der Waals surface area contributed by atoms with Crippen LogP contribution >= 0.6 is 15.9 Å². The van der Waals surface area contributed by atoms with Crippen LogP contribution in [0.2, 0.25) is 0 Å². The molecule has 0 aliphatic rings. The van der Waals surface area contributed by atoms with Crippen molar-refractivity contribution in [2.24, 2.45) is 5.92 Å². The van der Waals surface area contributed by atoms with Crippen molar-refractivity contribution in [1.82, 2.24) is 5.32 Å².